The number of benzene rings is 2. The van der Waals surface area contributed by atoms with Gasteiger partial charge >= 0.3 is 0 Å². The van der Waals surface area contributed by atoms with Crippen molar-refractivity contribution < 1.29 is 19.2 Å². The molecule has 0 spiro atoms. The van der Waals surface area contributed by atoms with Gasteiger partial charge in [0.05, 0.1) is 17.6 Å². The number of nitrogens with one attached hydrogen (secondary N) is 1. The van der Waals surface area contributed by atoms with Gasteiger partial charge in [-0.1, -0.05) is 0 Å². The van der Waals surface area contributed by atoms with E-state index in [9.17, 15) is 14.9 Å². The first kappa shape index (κ1) is 18.2. The molecular formula is C17H19N3O5. The van der Waals surface area contributed by atoms with Gasteiger partial charge in [-0.3, -0.25) is 14.9 Å². The SMILES string of the molecule is COc1cc(OCc2ccc([N+](=O)[O-])cc2)ccc1C(=O)NCCN. The first-order valence-corrected chi connectivity index (χ1v) is 7.57. The van der Waals surface area contributed by atoms with Crippen molar-refractivity contribution in [1.82, 2.24) is 5.32 Å². The molecule has 0 aliphatic carbocycles. The van der Waals surface area contributed by atoms with Gasteiger partial charge < -0.3 is 20.5 Å². The molecule has 8 nitrogen and oxygen atoms in total. The first-order chi connectivity index (χ1) is 12.0. The maximum Gasteiger partial charge on any atom is 0.269 e. The minimum Gasteiger partial charge on any atom is -0.496 e. The molecule has 8 heteroatoms. The summed E-state index contributed by atoms with van der Waals surface area (Å²) in [7, 11) is 1.47. The van der Waals surface area contributed by atoms with Gasteiger partial charge in [-0.05, 0) is 29.8 Å². The predicted molar refractivity (Wildman–Crippen MR) is 91.8 cm³/mol. The Kier molecular flexibility index (Phi) is 6.30. The van der Waals surface area contributed by atoms with Gasteiger partial charge in [0.25, 0.3) is 11.6 Å². The van der Waals surface area contributed by atoms with Gasteiger partial charge in [0, 0.05) is 31.3 Å². The summed E-state index contributed by atoms with van der Waals surface area (Å²) in [5, 5.41) is 13.3. The highest BCUT2D eigenvalue weighted by Gasteiger charge is 2.13. The second-order valence-corrected chi connectivity index (χ2v) is 5.12. The van der Waals surface area contributed by atoms with E-state index in [1.54, 1.807) is 30.3 Å². The molecule has 132 valence electrons. The Morgan fingerprint density at radius 2 is 1.96 bits per heavy atom. The molecule has 0 bridgehead atoms. The average Bonchev–Trinajstić information content (AvgIpc) is 2.64. The van der Waals surface area contributed by atoms with Gasteiger partial charge in [-0.15, -0.1) is 0 Å². The molecule has 25 heavy (non-hydrogen) atoms. The van der Waals surface area contributed by atoms with Crippen molar-refractivity contribution in [3.8, 4) is 11.5 Å². The molecule has 0 unspecified atom stereocenters. The minimum atomic E-state index is -0.454. The zero-order chi connectivity index (χ0) is 18.2. The molecular weight excluding hydrogens is 326 g/mol. The number of hydrogen-bond donors (Lipinski definition) is 2. The number of methoxy groups -OCH3 is 1. The largest absolute Gasteiger partial charge is 0.496 e. The molecule has 2 aromatic carbocycles. The normalized spacial score (nSPS) is 10.2. The predicted octanol–water partition coefficient (Wildman–Crippen LogP) is 1.87. The third kappa shape index (κ3) is 4.92. The standard InChI is InChI=1S/C17H19N3O5/c1-24-16-10-14(6-7-15(16)17(21)19-9-8-18)25-11-12-2-4-13(5-3-12)20(22)23/h2-7,10H,8-9,11,18H2,1H3,(H,19,21). The van der Waals surface area contributed by atoms with Crippen molar-refractivity contribution in [3.05, 3.63) is 63.7 Å². The van der Waals surface area contributed by atoms with Crippen LogP contribution in [-0.2, 0) is 6.61 Å². The highest BCUT2D eigenvalue weighted by Crippen LogP contribution is 2.25. The molecule has 0 aromatic heterocycles. The zero-order valence-corrected chi connectivity index (χ0v) is 13.7. The lowest BCUT2D eigenvalue weighted by molar-refractivity contribution is -0.384. The summed E-state index contributed by atoms with van der Waals surface area (Å²) in [6.07, 6.45) is 0. The highest BCUT2D eigenvalue weighted by molar-refractivity contribution is 5.97. The Hall–Kier alpha value is -3.13. The zero-order valence-electron chi connectivity index (χ0n) is 13.7. The van der Waals surface area contributed by atoms with E-state index in [4.69, 9.17) is 15.2 Å². The molecule has 0 fully saturated rings. The van der Waals surface area contributed by atoms with E-state index in [1.165, 1.54) is 19.2 Å². The first-order valence-electron chi connectivity index (χ1n) is 7.57. The topological polar surface area (TPSA) is 117 Å². The molecule has 0 atom stereocenters. The van der Waals surface area contributed by atoms with E-state index in [0.29, 0.717) is 30.2 Å². The highest BCUT2D eigenvalue weighted by atomic mass is 16.6. The summed E-state index contributed by atoms with van der Waals surface area (Å²) in [6, 6.07) is 11.0. The Morgan fingerprint density at radius 3 is 2.56 bits per heavy atom. The van der Waals surface area contributed by atoms with Crippen LogP contribution in [0.1, 0.15) is 15.9 Å². The van der Waals surface area contributed by atoms with E-state index < -0.39 is 4.92 Å². The molecule has 2 aromatic rings. The maximum absolute atomic E-state index is 12.0. The number of carbonyl (C=O) groups is 1. The van der Waals surface area contributed by atoms with Crippen LogP contribution in [0.5, 0.6) is 11.5 Å². The number of amides is 1. The van der Waals surface area contributed by atoms with Crippen LogP contribution in [0.3, 0.4) is 0 Å². The second kappa shape index (κ2) is 8.65. The third-order valence-corrected chi connectivity index (χ3v) is 3.40. The summed E-state index contributed by atoms with van der Waals surface area (Å²) in [5.41, 5.74) is 6.57. The second-order valence-electron chi connectivity index (χ2n) is 5.12. The van der Waals surface area contributed by atoms with E-state index in [-0.39, 0.29) is 18.2 Å². The fraction of sp³-hybridized carbons (Fsp3) is 0.235. The van der Waals surface area contributed by atoms with Crippen molar-refractivity contribution in [2.24, 2.45) is 5.73 Å². The number of nitro benzene ring substituents is 1. The van der Waals surface area contributed by atoms with Gasteiger partial charge in [0.1, 0.15) is 18.1 Å². The van der Waals surface area contributed by atoms with Crippen molar-refractivity contribution in [3.63, 3.8) is 0 Å². The van der Waals surface area contributed by atoms with Crippen LogP contribution in [0.4, 0.5) is 5.69 Å². The average molecular weight is 345 g/mol. The fourth-order valence-corrected chi connectivity index (χ4v) is 2.11. The van der Waals surface area contributed by atoms with Crippen LogP contribution < -0.4 is 20.5 Å². The van der Waals surface area contributed by atoms with Gasteiger partial charge in [0.2, 0.25) is 0 Å². The summed E-state index contributed by atoms with van der Waals surface area (Å²) in [6.45, 7) is 0.963. The molecule has 2 rings (SSSR count). The van der Waals surface area contributed by atoms with Crippen molar-refractivity contribution in [1.29, 1.82) is 0 Å². The van der Waals surface area contributed by atoms with Gasteiger partial charge in [-0.2, -0.15) is 0 Å². The Labute approximate surface area is 144 Å². The van der Waals surface area contributed by atoms with Crippen molar-refractivity contribution >= 4 is 11.6 Å². The van der Waals surface area contributed by atoms with Crippen molar-refractivity contribution in [2.75, 3.05) is 20.2 Å². The maximum atomic E-state index is 12.0. The van der Waals surface area contributed by atoms with E-state index in [1.807, 2.05) is 0 Å². The molecule has 0 heterocycles. The summed E-state index contributed by atoms with van der Waals surface area (Å²) >= 11 is 0. The summed E-state index contributed by atoms with van der Waals surface area (Å²) < 4.78 is 10.9. The third-order valence-electron chi connectivity index (χ3n) is 3.40. The number of non-ortho nitro benzene ring substituents is 1. The van der Waals surface area contributed by atoms with Crippen LogP contribution in [0, 0.1) is 10.1 Å². The number of carbonyl (C=O) groups excluding carboxylic acids is 1. The fourth-order valence-electron chi connectivity index (χ4n) is 2.11. The van der Waals surface area contributed by atoms with Crippen molar-refractivity contribution in [2.45, 2.75) is 6.61 Å². The van der Waals surface area contributed by atoms with Crippen LogP contribution in [0.25, 0.3) is 0 Å². The molecule has 0 aliphatic heterocycles. The van der Waals surface area contributed by atoms with Crippen LogP contribution in [-0.4, -0.2) is 31.0 Å². The number of nitrogens with zero attached hydrogens (tertiary/aromatic N) is 1. The molecule has 0 radical (unpaired) electrons. The quantitative estimate of drug-likeness (QED) is 0.557. The van der Waals surface area contributed by atoms with E-state index in [0.717, 1.165) is 5.56 Å². The summed E-state index contributed by atoms with van der Waals surface area (Å²) in [4.78, 5) is 22.2. The number of hydrogen-bond acceptors (Lipinski definition) is 6. The van der Waals surface area contributed by atoms with E-state index >= 15 is 0 Å². The number of rotatable bonds is 8. The summed E-state index contributed by atoms with van der Waals surface area (Å²) in [5.74, 6) is 0.630. The van der Waals surface area contributed by atoms with E-state index in [2.05, 4.69) is 5.32 Å². The Bertz CT molecular complexity index is 746. The monoisotopic (exact) mass is 345 g/mol. The molecule has 0 aliphatic rings. The lowest BCUT2D eigenvalue weighted by Crippen LogP contribution is -2.29. The number of nitro groups is 1. The molecule has 0 saturated carbocycles. The lowest BCUT2D eigenvalue weighted by Gasteiger charge is -2.12. The smallest absolute Gasteiger partial charge is 0.269 e. The van der Waals surface area contributed by atoms with Crippen LogP contribution >= 0.6 is 0 Å². The van der Waals surface area contributed by atoms with Crippen LogP contribution in [0.15, 0.2) is 42.5 Å². The molecule has 3 N–H and O–H groups in total. The lowest BCUT2D eigenvalue weighted by atomic mass is 10.1. The number of nitrogens with two attached hydrogens (primary N) is 1. The Morgan fingerprint density at radius 1 is 1.24 bits per heavy atom. The molecule has 0 saturated heterocycles. The Balaban J connectivity index is 2.05. The van der Waals surface area contributed by atoms with Gasteiger partial charge in [0.15, 0.2) is 0 Å². The minimum absolute atomic E-state index is 0.0262. The van der Waals surface area contributed by atoms with Gasteiger partial charge in [-0.25, -0.2) is 0 Å². The number of ether oxygens (including phenoxy) is 2. The molecule has 1 amide bonds. The van der Waals surface area contributed by atoms with Crippen LogP contribution in [0.2, 0.25) is 0 Å².